The number of hydrogen-bond donors (Lipinski definition) is 1. The molecule has 0 bridgehead atoms. The zero-order chi connectivity index (χ0) is 22.5. The van der Waals surface area contributed by atoms with Crippen molar-refractivity contribution in [1.82, 2.24) is 14.8 Å². The standard InChI is InChI=1S/C23H27N5OS3/c1-3-10-28-21(16-11-15(2)30-13-16)26-27-23(28)31-14-20(29)25-22-18(12-24)17-8-6-4-5-7-9-19(17)32-22/h11,13H,3-10,14H2,1-2H3,(H,25,29). The minimum Gasteiger partial charge on any atom is -0.316 e. The van der Waals surface area contributed by atoms with Gasteiger partial charge in [-0.25, -0.2) is 0 Å². The van der Waals surface area contributed by atoms with Gasteiger partial charge in [-0.2, -0.15) is 5.26 Å². The van der Waals surface area contributed by atoms with Crippen LogP contribution in [0, 0.1) is 18.3 Å². The molecule has 0 radical (unpaired) electrons. The van der Waals surface area contributed by atoms with Crippen LogP contribution in [0.3, 0.4) is 0 Å². The summed E-state index contributed by atoms with van der Waals surface area (Å²) in [5.74, 6) is 0.974. The van der Waals surface area contributed by atoms with E-state index >= 15 is 0 Å². The van der Waals surface area contributed by atoms with Gasteiger partial charge in [0.25, 0.3) is 0 Å². The highest BCUT2D eigenvalue weighted by atomic mass is 32.2. The summed E-state index contributed by atoms with van der Waals surface area (Å²) in [5, 5.41) is 25.0. The molecule has 1 N–H and O–H groups in total. The van der Waals surface area contributed by atoms with Crippen LogP contribution in [0.1, 0.15) is 59.9 Å². The molecule has 6 nitrogen and oxygen atoms in total. The first-order valence-electron chi connectivity index (χ1n) is 11.1. The van der Waals surface area contributed by atoms with Crippen molar-refractivity contribution in [2.75, 3.05) is 11.1 Å². The van der Waals surface area contributed by atoms with E-state index in [1.165, 1.54) is 34.4 Å². The summed E-state index contributed by atoms with van der Waals surface area (Å²) in [6.07, 6.45) is 7.61. The smallest absolute Gasteiger partial charge is 0.235 e. The molecule has 3 aromatic heterocycles. The lowest BCUT2D eigenvalue weighted by Gasteiger charge is -2.09. The zero-order valence-corrected chi connectivity index (χ0v) is 20.9. The number of rotatable bonds is 7. The molecule has 32 heavy (non-hydrogen) atoms. The summed E-state index contributed by atoms with van der Waals surface area (Å²) in [5.41, 5.74) is 2.88. The number of aryl methyl sites for hydroxylation is 2. The van der Waals surface area contributed by atoms with E-state index in [1.807, 2.05) is 0 Å². The van der Waals surface area contributed by atoms with Gasteiger partial charge in [0.15, 0.2) is 11.0 Å². The highest BCUT2D eigenvalue weighted by molar-refractivity contribution is 7.99. The largest absolute Gasteiger partial charge is 0.316 e. The van der Waals surface area contributed by atoms with Crippen molar-refractivity contribution in [3.8, 4) is 17.5 Å². The molecule has 0 aromatic carbocycles. The zero-order valence-electron chi connectivity index (χ0n) is 18.4. The van der Waals surface area contributed by atoms with E-state index in [9.17, 15) is 10.1 Å². The third kappa shape index (κ3) is 5.08. The number of nitrogens with zero attached hydrogens (tertiary/aromatic N) is 4. The maximum absolute atomic E-state index is 12.8. The molecule has 0 spiro atoms. The molecule has 4 rings (SSSR count). The molecule has 0 unspecified atom stereocenters. The summed E-state index contributed by atoms with van der Waals surface area (Å²) in [4.78, 5) is 15.3. The quantitative estimate of drug-likeness (QED) is 0.412. The van der Waals surface area contributed by atoms with E-state index < -0.39 is 0 Å². The third-order valence-electron chi connectivity index (χ3n) is 5.52. The first-order valence-corrected chi connectivity index (χ1v) is 13.7. The Morgan fingerprint density at radius 2 is 2.09 bits per heavy atom. The number of nitrogens with one attached hydrogen (secondary N) is 1. The number of thiophene rings is 2. The van der Waals surface area contributed by atoms with Crippen molar-refractivity contribution in [3.05, 3.63) is 32.3 Å². The van der Waals surface area contributed by atoms with Gasteiger partial charge in [-0.05, 0) is 50.7 Å². The number of nitriles is 1. The fourth-order valence-electron chi connectivity index (χ4n) is 4.01. The van der Waals surface area contributed by atoms with Gasteiger partial charge in [-0.15, -0.1) is 32.9 Å². The Labute approximate surface area is 201 Å². The summed E-state index contributed by atoms with van der Waals surface area (Å²) in [7, 11) is 0. The Balaban J connectivity index is 1.46. The first-order chi connectivity index (χ1) is 15.6. The lowest BCUT2D eigenvalue weighted by Crippen LogP contribution is -2.14. The van der Waals surface area contributed by atoms with Crippen LogP contribution >= 0.6 is 34.4 Å². The molecule has 9 heteroatoms. The number of fused-ring (bicyclic) bond motifs is 1. The van der Waals surface area contributed by atoms with Crippen LogP contribution in [0.15, 0.2) is 16.6 Å². The predicted molar refractivity (Wildman–Crippen MR) is 133 cm³/mol. The SMILES string of the molecule is CCCn1c(SCC(=O)Nc2sc3c(c2C#N)CCCCCC3)nnc1-c1csc(C)c1. The van der Waals surface area contributed by atoms with Gasteiger partial charge >= 0.3 is 0 Å². The van der Waals surface area contributed by atoms with Crippen LogP contribution in [0.2, 0.25) is 0 Å². The lowest BCUT2D eigenvalue weighted by atomic mass is 9.97. The third-order valence-corrected chi connectivity index (χ3v) is 8.56. The second-order valence-electron chi connectivity index (χ2n) is 7.97. The minimum atomic E-state index is -0.111. The molecular formula is C23H27N5OS3. The Bertz CT molecular complexity index is 1140. The lowest BCUT2D eigenvalue weighted by molar-refractivity contribution is -0.113. The van der Waals surface area contributed by atoms with E-state index in [1.54, 1.807) is 22.7 Å². The summed E-state index contributed by atoms with van der Waals surface area (Å²) in [6.45, 7) is 5.00. The second-order valence-corrected chi connectivity index (χ2v) is 11.1. The van der Waals surface area contributed by atoms with Crippen LogP contribution in [0.5, 0.6) is 0 Å². The molecule has 0 saturated carbocycles. The Morgan fingerprint density at radius 3 is 2.81 bits per heavy atom. The molecule has 168 valence electrons. The predicted octanol–water partition coefficient (Wildman–Crippen LogP) is 6.05. The first kappa shape index (κ1) is 23.0. The number of anilines is 1. The van der Waals surface area contributed by atoms with Gasteiger partial charge in [-0.3, -0.25) is 4.79 Å². The molecule has 0 saturated heterocycles. The van der Waals surface area contributed by atoms with Crippen molar-refractivity contribution in [1.29, 1.82) is 5.26 Å². The van der Waals surface area contributed by atoms with E-state index in [4.69, 9.17) is 0 Å². The maximum Gasteiger partial charge on any atom is 0.235 e. The highest BCUT2D eigenvalue weighted by Gasteiger charge is 2.21. The van der Waals surface area contributed by atoms with Gasteiger partial charge in [0, 0.05) is 27.2 Å². The molecule has 1 aliphatic carbocycles. The Kier molecular flexibility index (Phi) is 7.66. The molecule has 3 aromatic rings. The molecule has 1 amide bonds. The molecule has 0 aliphatic heterocycles. The number of carbonyl (C=O) groups excluding carboxylic acids is 1. The normalized spacial score (nSPS) is 13.8. The van der Waals surface area contributed by atoms with Crippen LogP contribution in [-0.2, 0) is 24.2 Å². The molecule has 3 heterocycles. The number of thioether (sulfide) groups is 1. The highest BCUT2D eigenvalue weighted by Crippen LogP contribution is 2.37. The van der Waals surface area contributed by atoms with Crippen LogP contribution in [0.4, 0.5) is 5.00 Å². The summed E-state index contributed by atoms with van der Waals surface area (Å²) < 4.78 is 2.09. The van der Waals surface area contributed by atoms with Crippen LogP contribution in [-0.4, -0.2) is 26.4 Å². The van der Waals surface area contributed by atoms with Gasteiger partial charge in [0.1, 0.15) is 11.1 Å². The van der Waals surface area contributed by atoms with Gasteiger partial charge < -0.3 is 9.88 Å². The van der Waals surface area contributed by atoms with Crippen molar-refractivity contribution < 1.29 is 4.79 Å². The van der Waals surface area contributed by atoms with E-state index in [0.29, 0.717) is 10.6 Å². The van der Waals surface area contributed by atoms with E-state index in [0.717, 1.165) is 60.8 Å². The number of aromatic nitrogens is 3. The average molecular weight is 486 g/mol. The van der Waals surface area contributed by atoms with Crippen molar-refractivity contribution in [3.63, 3.8) is 0 Å². The molecule has 0 fully saturated rings. The number of carbonyl (C=O) groups is 1. The Hall–Kier alpha value is -2.15. The molecule has 0 atom stereocenters. The topological polar surface area (TPSA) is 83.6 Å². The average Bonchev–Trinajstić information content (AvgIpc) is 3.44. The van der Waals surface area contributed by atoms with E-state index in [2.05, 4.69) is 51.4 Å². The van der Waals surface area contributed by atoms with Gasteiger partial charge in [0.05, 0.1) is 11.3 Å². The van der Waals surface area contributed by atoms with Crippen molar-refractivity contribution in [2.45, 2.75) is 70.5 Å². The monoisotopic (exact) mass is 485 g/mol. The fraction of sp³-hybridized carbons (Fsp3) is 0.478. The van der Waals surface area contributed by atoms with E-state index in [-0.39, 0.29) is 11.7 Å². The van der Waals surface area contributed by atoms with Crippen molar-refractivity contribution in [2.24, 2.45) is 0 Å². The number of hydrogen-bond acceptors (Lipinski definition) is 7. The summed E-state index contributed by atoms with van der Waals surface area (Å²) >= 11 is 4.67. The molecular weight excluding hydrogens is 458 g/mol. The van der Waals surface area contributed by atoms with Crippen molar-refractivity contribution >= 4 is 45.3 Å². The Morgan fingerprint density at radius 1 is 1.28 bits per heavy atom. The summed E-state index contributed by atoms with van der Waals surface area (Å²) in [6, 6.07) is 4.46. The van der Waals surface area contributed by atoms with Gasteiger partial charge in [-0.1, -0.05) is 31.5 Å². The van der Waals surface area contributed by atoms with Crippen LogP contribution < -0.4 is 5.32 Å². The minimum absolute atomic E-state index is 0.111. The number of amides is 1. The molecule has 1 aliphatic rings. The van der Waals surface area contributed by atoms with Crippen LogP contribution in [0.25, 0.3) is 11.4 Å². The fourth-order valence-corrected chi connectivity index (χ4v) is 6.72. The van der Waals surface area contributed by atoms with Gasteiger partial charge in [0.2, 0.25) is 5.91 Å². The maximum atomic E-state index is 12.8. The second kappa shape index (κ2) is 10.6.